The minimum absolute atomic E-state index is 0.0190. The highest BCUT2D eigenvalue weighted by Gasteiger charge is 2.28. The van der Waals surface area contributed by atoms with E-state index in [1.54, 1.807) is 40.0 Å². The Morgan fingerprint density at radius 2 is 1.71 bits per heavy atom. The van der Waals surface area contributed by atoms with Gasteiger partial charge in [0, 0.05) is 24.2 Å². The van der Waals surface area contributed by atoms with Crippen LogP contribution in [0.2, 0.25) is 5.02 Å². The number of benzene rings is 3. The summed E-state index contributed by atoms with van der Waals surface area (Å²) in [6.45, 7) is 5.39. The molecule has 16 heteroatoms. The van der Waals surface area contributed by atoms with Gasteiger partial charge in [-0.3, -0.25) is 9.40 Å². The van der Waals surface area contributed by atoms with Crippen molar-refractivity contribution < 1.29 is 31.5 Å². The first-order chi connectivity index (χ1) is 24.0. The van der Waals surface area contributed by atoms with Gasteiger partial charge in [0.1, 0.15) is 23.8 Å². The molecule has 0 aliphatic carbocycles. The Balaban J connectivity index is 1.56. The molecule has 51 heavy (non-hydrogen) atoms. The number of alkyl carbamates (subject to hydrolysis) is 1. The van der Waals surface area contributed by atoms with Gasteiger partial charge >= 0.3 is 6.09 Å². The van der Waals surface area contributed by atoms with Gasteiger partial charge in [-0.15, -0.1) is 0 Å². The number of hydrogen-bond donors (Lipinski definition) is 2. The number of hydrogen-bond acceptors (Lipinski definition) is 9. The van der Waals surface area contributed by atoms with E-state index in [0.717, 1.165) is 17.9 Å². The Kier molecular flexibility index (Phi) is 9.90. The molecule has 0 spiro atoms. The Morgan fingerprint density at radius 1 is 1.00 bits per heavy atom. The van der Waals surface area contributed by atoms with Crippen LogP contribution in [0, 0.1) is 11.6 Å². The van der Waals surface area contributed by atoms with Gasteiger partial charge in [-0.2, -0.15) is 10.1 Å². The average Bonchev–Trinajstić information content (AvgIpc) is 3.57. The third-order valence-electron chi connectivity index (χ3n) is 7.49. The van der Waals surface area contributed by atoms with E-state index in [0.29, 0.717) is 37.6 Å². The van der Waals surface area contributed by atoms with Gasteiger partial charge in [0.05, 0.1) is 38.6 Å². The second-order valence-corrected chi connectivity index (χ2v) is 16.0. The number of carbonyl (C=O) groups excluding carboxylic acids is 1. The molecule has 6 rings (SSSR count). The molecule has 0 fully saturated rings. The predicted octanol–water partition coefficient (Wildman–Crippen LogP) is 7.94. The highest BCUT2D eigenvalue weighted by molar-refractivity contribution is 7.92. The maximum absolute atomic E-state index is 14.4. The monoisotopic (exact) mass is 754 g/mol. The van der Waals surface area contributed by atoms with E-state index in [1.165, 1.54) is 28.2 Å². The third kappa shape index (κ3) is 8.55. The third-order valence-corrected chi connectivity index (χ3v) is 9.27. The van der Waals surface area contributed by atoms with Crippen LogP contribution in [0.15, 0.2) is 66.7 Å². The van der Waals surface area contributed by atoms with E-state index in [2.05, 4.69) is 20.1 Å². The fourth-order valence-electron chi connectivity index (χ4n) is 5.59. The lowest BCUT2D eigenvalue weighted by molar-refractivity contribution is 0.0502. The van der Waals surface area contributed by atoms with Gasteiger partial charge in [0.25, 0.3) is 5.19 Å². The lowest BCUT2D eigenvalue weighted by atomic mass is 9.94. The van der Waals surface area contributed by atoms with Crippen LogP contribution in [-0.4, -0.2) is 46.1 Å². The molecule has 2 N–H and O–H groups in total. The molecule has 1 amide bonds. The first-order valence-corrected chi connectivity index (χ1v) is 18.7. The number of fused-ring (bicyclic) bond motifs is 2. The van der Waals surface area contributed by atoms with Crippen molar-refractivity contribution in [3.63, 3.8) is 0 Å². The number of thiazole rings is 1. The zero-order valence-corrected chi connectivity index (χ0v) is 30.5. The first-order valence-electron chi connectivity index (χ1n) is 15.6. The number of pyridine rings is 1. The molecule has 0 radical (unpaired) electrons. The summed E-state index contributed by atoms with van der Waals surface area (Å²) in [5, 5.41) is 8.16. The summed E-state index contributed by atoms with van der Waals surface area (Å²) in [4.78, 5) is 22.9. The van der Waals surface area contributed by atoms with E-state index in [1.807, 2.05) is 36.4 Å². The van der Waals surface area contributed by atoms with Crippen LogP contribution in [0.1, 0.15) is 43.6 Å². The minimum atomic E-state index is -3.73. The fraction of sp³-hybridized carbons (Fsp3) is 0.257. The molecule has 11 nitrogen and oxygen atoms in total. The minimum Gasteiger partial charge on any atom is -0.465 e. The summed E-state index contributed by atoms with van der Waals surface area (Å²) in [5.41, 5.74) is 2.36. The van der Waals surface area contributed by atoms with Crippen molar-refractivity contribution in [3.05, 3.63) is 100 Å². The number of ether oxygens (including phenoxy) is 2. The largest absolute Gasteiger partial charge is 0.465 e. The van der Waals surface area contributed by atoms with Gasteiger partial charge in [-0.1, -0.05) is 59.3 Å². The fourth-order valence-corrected chi connectivity index (χ4v) is 7.13. The van der Waals surface area contributed by atoms with E-state index in [9.17, 15) is 22.0 Å². The standard InChI is InChI=1S/C35H33ClF2N6O5S2/c1-35(2,3)49-33(45)39-26(15-20-13-21(37)16-22(38)14-20)29-24(17-27-31(40-29)41-34(50-27)48-18-19-9-7-6-8-10-19)23-11-12-25(36)28-30(23)44(4)42-32(28)43-51(5,46)47/h6-14,16-17,26H,15,18H2,1-5H3,(H,39,45)(H,42,43)/t26-/m0/s1. The quantitative estimate of drug-likeness (QED) is 0.144. The van der Waals surface area contributed by atoms with Gasteiger partial charge < -0.3 is 14.8 Å². The van der Waals surface area contributed by atoms with E-state index < -0.39 is 39.4 Å². The highest BCUT2D eigenvalue weighted by Crippen LogP contribution is 2.42. The highest BCUT2D eigenvalue weighted by atomic mass is 35.5. The molecule has 1 atom stereocenters. The summed E-state index contributed by atoms with van der Waals surface area (Å²) in [6, 6.07) is 16.8. The molecule has 0 unspecified atom stereocenters. The number of amides is 1. The zero-order chi connectivity index (χ0) is 36.7. The Labute approximate surface area is 301 Å². The van der Waals surface area contributed by atoms with Crippen molar-refractivity contribution in [1.29, 1.82) is 0 Å². The molecular formula is C35H33ClF2N6O5S2. The number of rotatable bonds is 10. The molecule has 0 saturated carbocycles. The van der Waals surface area contributed by atoms with Crippen molar-refractivity contribution in [1.82, 2.24) is 25.1 Å². The van der Waals surface area contributed by atoms with Crippen LogP contribution in [0.5, 0.6) is 5.19 Å². The second-order valence-electron chi connectivity index (χ2n) is 12.8. The molecule has 0 bridgehead atoms. The molecule has 0 aliphatic heterocycles. The zero-order valence-electron chi connectivity index (χ0n) is 28.1. The topological polar surface area (TPSA) is 137 Å². The van der Waals surface area contributed by atoms with Gasteiger partial charge in [0.15, 0.2) is 11.5 Å². The number of sulfonamides is 1. The molecule has 3 heterocycles. The normalized spacial score (nSPS) is 12.6. The maximum Gasteiger partial charge on any atom is 0.408 e. The van der Waals surface area contributed by atoms with Gasteiger partial charge in [-0.05, 0) is 62.6 Å². The molecule has 266 valence electrons. The molecule has 3 aromatic carbocycles. The van der Waals surface area contributed by atoms with Crippen LogP contribution >= 0.6 is 22.9 Å². The van der Waals surface area contributed by atoms with Crippen LogP contribution in [-0.2, 0) is 34.8 Å². The smallest absolute Gasteiger partial charge is 0.408 e. The SMILES string of the molecule is Cn1nc(NS(C)(=O)=O)c2c(Cl)ccc(-c3cc4sc(OCc5ccccc5)nc4nc3[C@H](Cc3cc(F)cc(F)c3)NC(=O)OC(C)(C)C)c21. The van der Waals surface area contributed by atoms with Crippen LogP contribution in [0.3, 0.4) is 0 Å². The molecule has 0 aliphatic rings. The Morgan fingerprint density at radius 3 is 2.37 bits per heavy atom. The number of anilines is 1. The number of carbonyl (C=O) groups is 1. The van der Waals surface area contributed by atoms with Crippen LogP contribution in [0.25, 0.3) is 32.4 Å². The van der Waals surface area contributed by atoms with Crippen LogP contribution in [0.4, 0.5) is 19.4 Å². The average molecular weight is 755 g/mol. The summed E-state index contributed by atoms with van der Waals surface area (Å²) in [6.07, 6.45) is 0.123. The molecule has 6 aromatic rings. The summed E-state index contributed by atoms with van der Waals surface area (Å²) >= 11 is 7.90. The Bertz CT molecular complexity index is 2360. The molecule has 3 aromatic heterocycles. The van der Waals surface area contributed by atoms with E-state index in [4.69, 9.17) is 26.1 Å². The lowest BCUT2D eigenvalue weighted by Crippen LogP contribution is -2.36. The van der Waals surface area contributed by atoms with Crippen molar-refractivity contribution in [2.45, 2.75) is 45.4 Å². The number of nitrogens with one attached hydrogen (secondary N) is 2. The number of nitrogens with zero attached hydrogens (tertiary/aromatic N) is 4. The van der Waals surface area contributed by atoms with Gasteiger partial charge in [-0.25, -0.2) is 27.0 Å². The van der Waals surface area contributed by atoms with E-state index in [-0.39, 0.29) is 35.1 Å². The maximum atomic E-state index is 14.4. The van der Waals surface area contributed by atoms with Crippen molar-refractivity contribution >= 4 is 66.1 Å². The van der Waals surface area contributed by atoms with Crippen molar-refractivity contribution in [2.75, 3.05) is 11.0 Å². The summed E-state index contributed by atoms with van der Waals surface area (Å²) in [5.74, 6) is -1.56. The number of halogens is 3. The van der Waals surface area contributed by atoms with Crippen LogP contribution < -0.4 is 14.8 Å². The molecular weight excluding hydrogens is 722 g/mol. The predicted molar refractivity (Wildman–Crippen MR) is 194 cm³/mol. The van der Waals surface area contributed by atoms with Crippen molar-refractivity contribution in [2.24, 2.45) is 7.05 Å². The summed E-state index contributed by atoms with van der Waals surface area (Å²) < 4.78 is 69.5. The Hall–Kier alpha value is -4.86. The lowest BCUT2D eigenvalue weighted by Gasteiger charge is -2.25. The first kappa shape index (κ1) is 35.9. The van der Waals surface area contributed by atoms with Crippen molar-refractivity contribution in [3.8, 4) is 16.3 Å². The van der Waals surface area contributed by atoms with Gasteiger partial charge in [0.2, 0.25) is 10.0 Å². The second kappa shape index (κ2) is 14.0. The number of aromatic nitrogens is 4. The summed E-state index contributed by atoms with van der Waals surface area (Å²) in [7, 11) is -2.10. The van der Waals surface area contributed by atoms with E-state index >= 15 is 0 Å². The molecule has 0 saturated heterocycles. The number of aryl methyl sites for hydroxylation is 1.